The van der Waals surface area contributed by atoms with Crippen LogP contribution in [-0.2, 0) is 4.79 Å². The Morgan fingerprint density at radius 1 is 1.44 bits per heavy atom. The van der Waals surface area contributed by atoms with Crippen molar-refractivity contribution in [3.05, 3.63) is 29.3 Å². The van der Waals surface area contributed by atoms with E-state index in [9.17, 15) is 9.90 Å². The highest BCUT2D eigenvalue weighted by molar-refractivity contribution is 9.09. The minimum absolute atomic E-state index is 0.205. The molecule has 0 saturated heterocycles. The van der Waals surface area contributed by atoms with Crippen LogP contribution in [0.2, 0.25) is 0 Å². The number of aliphatic hydroxyl groups is 1. The Morgan fingerprint density at radius 2 is 2.06 bits per heavy atom. The summed E-state index contributed by atoms with van der Waals surface area (Å²) in [6.45, 7) is 5.46. The van der Waals surface area contributed by atoms with Gasteiger partial charge in [-0.15, -0.1) is 0 Å². The van der Waals surface area contributed by atoms with Gasteiger partial charge in [-0.1, -0.05) is 22.0 Å². The van der Waals surface area contributed by atoms with E-state index in [0.29, 0.717) is 5.69 Å². The normalized spacial score (nSPS) is 14.3. The summed E-state index contributed by atoms with van der Waals surface area (Å²) in [5.41, 5.74) is 1.59. The van der Waals surface area contributed by atoms with Gasteiger partial charge in [-0.3, -0.25) is 4.79 Å². The van der Waals surface area contributed by atoms with Gasteiger partial charge in [0.2, 0.25) is 0 Å². The second-order valence-corrected chi connectivity index (χ2v) is 4.72. The summed E-state index contributed by atoms with van der Waals surface area (Å²) in [5.74, 6) is -0.410. The minimum Gasteiger partial charge on any atom is -0.379 e. The zero-order valence-electron chi connectivity index (χ0n) is 9.67. The minimum atomic E-state index is -1.39. The molecule has 2 N–H and O–H groups in total. The van der Waals surface area contributed by atoms with Crippen LogP contribution in [0.3, 0.4) is 0 Å². The molecule has 1 amide bonds. The smallest absolute Gasteiger partial charge is 0.256 e. The first-order valence-corrected chi connectivity index (χ1v) is 6.16. The van der Waals surface area contributed by atoms with Crippen molar-refractivity contribution in [2.24, 2.45) is 0 Å². The lowest BCUT2D eigenvalue weighted by atomic mass is 10.1. The van der Waals surface area contributed by atoms with Gasteiger partial charge in [0.15, 0.2) is 0 Å². The van der Waals surface area contributed by atoms with Crippen molar-refractivity contribution in [1.29, 1.82) is 0 Å². The third-order valence-corrected chi connectivity index (χ3v) is 3.61. The molecule has 1 atom stereocenters. The third-order valence-electron chi connectivity index (χ3n) is 2.51. The molecule has 0 radical (unpaired) electrons. The number of hydrogen-bond donors (Lipinski definition) is 2. The molecular formula is C12H16BrNO2. The molecule has 0 bridgehead atoms. The number of anilines is 1. The Balaban J connectivity index is 2.82. The van der Waals surface area contributed by atoms with Crippen molar-refractivity contribution in [3.8, 4) is 0 Å². The van der Waals surface area contributed by atoms with E-state index in [1.807, 2.05) is 32.0 Å². The van der Waals surface area contributed by atoms with E-state index >= 15 is 0 Å². The Bertz CT molecular complexity index is 402. The van der Waals surface area contributed by atoms with Crippen molar-refractivity contribution < 1.29 is 9.90 Å². The summed E-state index contributed by atoms with van der Waals surface area (Å²) < 4.78 is 0. The van der Waals surface area contributed by atoms with Gasteiger partial charge in [0.1, 0.15) is 5.60 Å². The molecule has 0 spiro atoms. The molecule has 0 heterocycles. The summed E-state index contributed by atoms with van der Waals surface area (Å²) in [5, 5.41) is 12.6. The van der Waals surface area contributed by atoms with Crippen molar-refractivity contribution in [1.82, 2.24) is 0 Å². The second kappa shape index (κ2) is 4.97. The molecule has 88 valence electrons. The summed E-state index contributed by atoms with van der Waals surface area (Å²) in [6, 6.07) is 5.65. The predicted octanol–water partition coefficient (Wildman–Crippen LogP) is 2.39. The monoisotopic (exact) mass is 285 g/mol. The maximum Gasteiger partial charge on any atom is 0.256 e. The van der Waals surface area contributed by atoms with Crippen molar-refractivity contribution in [2.45, 2.75) is 26.4 Å². The van der Waals surface area contributed by atoms with Crippen molar-refractivity contribution >= 4 is 27.5 Å². The fourth-order valence-corrected chi connectivity index (χ4v) is 1.40. The Kier molecular flexibility index (Phi) is 4.10. The Morgan fingerprint density at radius 3 is 2.56 bits per heavy atom. The highest BCUT2D eigenvalue weighted by Crippen LogP contribution is 2.16. The number of hydrogen-bond acceptors (Lipinski definition) is 2. The average molecular weight is 286 g/mol. The van der Waals surface area contributed by atoms with Crippen LogP contribution in [0, 0.1) is 13.8 Å². The van der Waals surface area contributed by atoms with Crippen molar-refractivity contribution in [3.63, 3.8) is 0 Å². The van der Waals surface area contributed by atoms with Gasteiger partial charge in [-0.25, -0.2) is 0 Å². The lowest BCUT2D eigenvalue weighted by Gasteiger charge is -2.19. The molecule has 16 heavy (non-hydrogen) atoms. The first-order chi connectivity index (χ1) is 7.36. The highest BCUT2D eigenvalue weighted by Gasteiger charge is 2.28. The molecular weight excluding hydrogens is 270 g/mol. The largest absolute Gasteiger partial charge is 0.379 e. The fourth-order valence-electron chi connectivity index (χ4n) is 1.15. The third kappa shape index (κ3) is 3.06. The van der Waals surface area contributed by atoms with Crippen LogP contribution < -0.4 is 5.32 Å². The number of alkyl halides is 1. The molecule has 1 aromatic rings. The van der Waals surface area contributed by atoms with E-state index in [-0.39, 0.29) is 5.33 Å². The van der Waals surface area contributed by atoms with E-state index in [0.717, 1.165) is 5.56 Å². The number of carbonyl (C=O) groups excluding carboxylic acids is 1. The first-order valence-electron chi connectivity index (χ1n) is 5.04. The molecule has 1 rings (SSSR count). The standard InChI is InChI=1S/C12H16BrNO2/c1-8-4-5-10(6-9(8)2)14-11(15)12(3,16)7-13/h4-6,16H,7H2,1-3H3,(H,14,15)/t12-/m0/s1. The first kappa shape index (κ1) is 13.2. The number of rotatable bonds is 3. The van der Waals surface area contributed by atoms with Gasteiger partial charge in [0, 0.05) is 11.0 Å². The summed E-state index contributed by atoms with van der Waals surface area (Å²) in [6.07, 6.45) is 0. The van der Waals surface area contributed by atoms with Crippen LogP contribution in [0.1, 0.15) is 18.1 Å². The lowest BCUT2D eigenvalue weighted by Crippen LogP contribution is -2.41. The van der Waals surface area contributed by atoms with Crippen LogP contribution >= 0.6 is 15.9 Å². The molecule has 1 aromatic carbocycles. The van der Waals surface area contributed by atoms with Crippen LogP contribution in [0.4, 0.5) is 5.69 Å². The zero-order valence-corrected chi connectivity index (χ0v) is 11.3. The number of benzene rings is 1. The van der Waals surface area contributed by atoms with Gasteiger partial charge in [-0.05, 0) is 44.0 Å². The maximum atomic E-state index is 11.7. The quantitative estimate of drug-likeness (QED) is 0.838. The lowest BCUT2D eigenvalue weighted by molar-refractivity contribution is -0.130. The van der Waals surface area contributed by atoms with Gasteiger partial charge in [0.05, 0.1) is 0 Å². The molecule has 0 unspecified atom stereocenters. The molecule has 4 heteroatoms. The van der Waals surface area contributed by atoms with Crippen molar-refractivity contribution in [2.75, 3.05) is 10.6 Å². The van der Waals surface area contributed by atoms with E-state index in [2.05, 4.69) is 21.2 Å². The average Bonchev–Trinajstić information content (AvgIpc) is 2.23. The van der Waals surface area contributed by atoms with Crippen LogP contribution in [0.25, 0.3) is 0 Å². The van der Waals surface area contributed by atoms with Gasteiger partial charge >= 0.3 is 0 Å². The fraction of sp³-hybridized carbons (Fsp3) is 0.417. The topological polar surface area (TPSA) is 49.3 Å². The molecule has 0 aromatic heterocycles. The van der Waals surface area contributed by atoms with Gasteiger partial charge < -0.3 is 10.4 Å². The van der Waals surface area contributed by atoms with Crippen LogP contribution in [0.5, 0.6) is 0 Å². The molecule has 0 aliphatic rings. The Labute approximate surface area is 104 Å². The number of halogens is 1. The number of nitrogens with one attached hydrogen (secondary N) is 1. The number of aryl methyl sites for hydroxylation is 2. The SMILES string of the molecule is Cc1ccc(NC(=O)[C@@](C)(O)CBr)cc1C. The predicted molar refractivity (Wildman–Crippen MR) is 69.0 cm³/mol. The maximum absolute atomic E-state index is 11.7. The van der Waals surface area contributed by atoms with Crippen LogP contribution in [-0.4, -0.2) is 21.9 Å². The second-order valence-electron chi connectivity index (χ2n) is 4.16. The van der Waals surface area contributed by atoms with E-state index in [1.54, 1.807) is 0 Å². The van der Waals surface area contributed by atoms with E-state index < -0.39 is 11.5 Å². The molecule has 3 nitrogen and oxygen atoms in total. The van der Waals surface area contributed by atoms with E-state index in [4.69, 9.17) is 0 Å². The van der Waals surface area contributed by atoms with Gasteiger partial charge in [0.25, 0.3) is 5.91 Å². The zero-order chi connectivity index (χ0) is 12.3. The van der Waals surface area contributed by atoms with Gasteiger partial charge in [-0.2, -0.15) is 0 Å². The molecule has 0 saturated carbocycles. The number of carbonyl (C=O) groups is 1. The molecule has 0 fully saturated rings. The summed E-state index contributed by atoms with van der Waals surface area (Å²) in [7, 11) is 0. The Hall–Kier alpha value is -0.870. The molecule has 0 aliphatic carbocycles. The number of amides is 1. The van der Waals surface area contributed by atoms with E-state index in [1.165, 1.54) is 12.5 Å². The van der Waals surface area contributed by atoms with Crippen LogP contribution in [0.15, 0.2) is 18.2 Å². The summed E-state index contributed by atoms with van der Waals surface area (Å²) >= 11 is 3.10. The highest BCUT2D eigenvalue weighted by atomic mass is 79.9. The molecule has 0 aliphatic heterocycles. The summed E-state index contributed by atoms with van der Waals surface area (Å²) in [4.78, 5) is 11.7.